The molecular formula is C19H24F2N4O4. The number of anilines is 2. The van der Waals surface area contributed by atoms with Gasteiger partial charge in [0.15, 0.2) is 0 Å². The molecule has 0 spiro atoms. The van der Waals surface area contributed by atoms with Crippen LogP contribution < -0.4 is 21.3 Å². The van der Waals surface area contributed by atoms with Crippen LogP contribution in [0.15, 0.2) is 18.2 Å². The molecule has 158 valence electrons. The normalized spacial score (nSPS) is 18.3. The highest BCUT2D eigenvalue weighted by atomic mass is 19.3. The number of amides is 3. The Balaban J connectivity index is 1.73. The lowest BCUT2D eigenvalue weighted by atomic mass is 9.84. The zero-order valence-corrected chi connectivity index (χ0v) is 15.8. The number of benzene rings is 1. The molecule has 0 unspecified atom stereocenters. The smallest absolute Gasteiger partial charge is 0.265 e. The summed E-state index contributed by atoms with van der Waals surface area (Å²) in [6, 6.07) is 2.95. The molecule has 29 heavy (non-hydrogen) atoms. The maximum absolute atomic E-state index is 13.6. The van der Waals surface area contributed by atoms with E-state index >= 15 is 0 Å². The van der Waals surface area contributed by atoms with Gasteiger partial charge in [-0.15, -0.1) is 0 Å². The molecule has 2 aliphatic rings. The number of ether oxygens (including phenoxy) is 1. The highest BCUT2D eigenvalue weighted by Gasteiger charge is 2.29. The van der Waals surface area contributed by atoms with Gasteiger partial charge < -0.3 is 26.0 Å². The number of alkyl halides is 2. The summed E-state index contributed by atoms with van der Waals surface area (Å²) in [6.07, 6.45) is -0.376. The number of carbonyl (C=O) groups is 3. The number of hydrogen-bond acceptors (Lipinski definition) is 5. The predicted octanol–water partition coefficient (Wildman–Crippen LogP) is 1.17. The molecule has 0 aromatic heterocycles. The third-order valence-electron chi connectivity index (χ3n) is 5.17. The number of hydrogen-bond donors (Lipinski definition) is 3. The fraction of sp³-hybridized carbons (Fsp3) is 0.526. The summed E-state index contributed by atoms with van der Waals surface area (Å²) in [5.41, 5.74) is 5.38. The highest BCUT2D eigenvalue weighted by Crippen LogP contribution is 2.32. The van der Waals surface area contributed by atoms with Crippen molar-refractivity contribution in [2.24, 2.45) is 11.7 Å². The van der Waals surface area contributed by atoms with Gasteiger partial charge in [0, 0.05) is 35.9 Å². The Morgan fingerprint density at radius 3 is 2.66 bits per heavy atom. The third-order valence-corrected chi connectivity index (χ3v) is 5.17. The minimum absolute atomic E-state index is 0.0919. The summed E-state index contributed by atoms with van der Waals surface area (Å²) in [7, 11) is 0. The largest absolute Gasteiger partial charge is 0.370 e. The molecule has 3 amide bonds. The van der Waals surface area contributed by atoms with Crippen molar-refractivity contribution < 1.29 is 27.9 Å². The topological polar surface area (TPSA) is 114 Å². The minimum atomic E-state index is -2.87. The molecule has 0 bridgehead atoms. The van der Waals surface area contributed by atoms with E-state index in [4.69, 9.17) is 10.5 Å². The Morgan fingerprint density at radius 2 is 2.07 bits per heavy atom. The number of morpholine rings is 1. The van der Waals surface area contributed by atoms with E-state index in [1.54, 1.807) is 0 Å². The molecule has 1 heterocycles. The van der Waals surface area contributed by atoms with Crippen LogP contribution in [-0.2, 0) is 19.1 Å². The first-order valence-corrected chi connectivity index (χ1v) is 9.52. The molecule has 1 aromatic carbocycles. The van der Waals surface area contributed by atoms with Gasteiger partial charge in [0.2, 0.25) is 11.8 Å². The van der Waals surface area contributed by atoms with E-state index in [2.05, 4.69) is 10.6 Å². The monoisotopic (exact) mass is 410 g/mol. The molecule has 0 radical (unpaired) electrons. The number of nitrogens with one attached hydrogen (secondary N) is 2. The summed E-state index contributed by atoms with van der Waals surface area (Å²) >= 11 is 0. The van der Waals surface area contributed by atoms with Crippen LogP contribution in [0, 0.1) is 5.92 Å². The molecule has 1 saturated carbocycles. The van der Waals surface area contributed by atoms with Gasteiger partial charge >= 0.3 is 0 Å². The number of nitrogens with zero attached hydrogens (tertiary/aromatic N) is 1. The van der Waals surface area contributed by atoms with Crippen LogP contribution in [0.4, 0.5) is 20.2 Å². The molecule has 8 nitrogen and oxygen atoms in total. The van der Waals surface area contributed by atoms with Crippen molar-refractivity contribution in [2.75, 3.05) is 36.5 Å². The SMILES string of the molecule is NC[C@H](NC(=O)C1CCC1)C(=O)Nc1ccc(N2CCOCC2=O)cc1C(F)F. The van der Waals surface area contributed by atoms with Gasteiger partial charge in [-0.3, -0.25) is 14.4 Å². The van der Waals surface area contributed by atoms with Crippen molar-refractivity contribution in [3.8, 4) is 0 Å². The Kier molecular flexibility index (Phi) is 6.75. The van der Waals surface area contributed by atoms with E-state index in [0.717, 1.165) is 19.3 Å². The van der Waals surface area contributed by atoms with E-state index in [0.29, 0.717) is 12.3 Å². The molecule has 1 aromatic rings. The van der Waals surface area contributed by atoms with Crippen molar-refractivity contribution in [1.82, 2.24) is 5.32 Å². The van der Waals surface area contributed by atoms with E-state index < -0.39 is 23.9 Å². The number of nitrogens with two attached hydrogens (primary N) is 1. The number of carbonyl (C=O) groups excluding carboxylic acids is 3. The van der Waals surface area contributed by atoms with Crippen LogP contribution in [0.3, 0.4) is 0 Å². The summed E-state index contributed by atoms with van der Waals surface area (Å²) in [5, 5.41) is 5.00. The Morgan fingerprint density at radius 1 is 1.31 bits per heavy atom. The maximum atomic E-state index is 13.6. The zero-order valence-electron chi connectivity index (χ0n) is 15.8. The van der Waals surface area contributed by atoms with Gasteiger partial charge in [-0.1, -0.05) is 6.42 Å². The van der Waals surface area contributed by atoms with Crippen molar-refractivity contribution in [1.29, 1.82) is 0 Å². The lowest BCUT2D eigenvalue weighted by molar-refractivity contribution is -0.131. The summed E-state index contributed by atoms with van der Waals surface area (Å²) < 4.78 is 32.2. The van der Waals surface area contributed by atoms with E-state index in [1.165, 1.54) is 23.1 Å². The molecule has 1 atom stereocenters. The van der Waals surface area contributed by atoms with Crippen LogP contribution in [0.25, 0.3) is 0 Å². The molecular weight excluding hydrogens is 386 g/mol. The highest BCUT2D eigenvalue weighted by molar-refractivity contribution is 5.99. The van der Waals surface area contributed by atoms with Gasteiger partial charge in [0.05, 0.1) is 6.61 Å². The molecule has 1 saturated heterocycles. The van der Waals surface area contributed by atoms with E-state index in [-0.39, 0.29) is 43.1 Å². The van der Waals surface area contributed by atoms with Gasteiger partial charge in [0.1, 0.15) is 12.6 Å². The van der Waals surface area contributed by atoms with Crippen LogP contribution in [0.1, 0.15) is 31.3 Å². The Bertz CT molecular complexity index is 785. The fourth-order valence-corrected chi connectivity index (χ4v) is 3.21. The molecule has 2 fully saturated rings. The first-order chi connectivity index (χ1) is 13.9. The molecule has 4 N–H and O–H groups in total. The molecule has 1 aliphatic heterocycles. The average molecular weight is 410 g/mol. The van der Waals surface area contributed by atoms with Crippen LogP contribution in [-0.4, -0.2) is 50.1 Å². The minimum Gasteiger partial charge on any atom is -0.370 e. The lowest BCUT2D eigenvalue weighted by Crippen LogP contribution is -2.51. The van der Waals surface area contributed by atoms with Crippen LogP contribution in [0.2, 0.25) is 0 Å². The second kappa shape index (κ2) is 9.27. The van der Waals surface area contributed by atoms with E-state index in [1.807, 2.05) is 0 Å². The van der Waals surface area contributed by atoms with Gasteiger partial charge in [-0.05, 0) is 31.0 Å². The van der Waals surface area contributed by atoms with Crippen LogP contribution in [0.5, 0.6) is 0 Å². The number of rotatable bonds is 7. The first-order valence-electron chi connectivity index (χ1n) is 9.52. The summed E-state index contributed by atoms with van der Waals surface area (Å²) in [4.78, 5) is 37.9. The van der Waals surface area contributed by atoms with Crippen molar-refractivity contribution in [2.45, 2.75) is 31.7 Å². The molecule has 1 aliphatic carbocycles. The zero-order chi connectivity index (χ0) is 21.0. The lowest BCUT2D eigenvalue weighted by Gasteiger charge is -2.28. The standard InChI is InChI=1S/C19H24F2N4O4/c20-17(21)13-8-12(25-6-7-29-10-16(25)26)4-5-14(13)23-19(28)15(9-22)24-18(27)11-2-1-3-11/h4-5,8,11,15,17H,1-3,6-7,9-10,22H2,(H,23,28)(H,24,27)/t15-/m0/s1. The van der Waals surface area contributed by atoms with Crippen molar-refractivity contribution in [3.05, 3.63) is 23.8 Å². The molecule has 10 heteroatoms. The average Bonchev–Trinajstić information content (AvgIpc) is 2.65. The van der Waals surface area contributed by atoms with Crippen LogP contribution >= 0.6 is 0 Å². The van der Waals surface area contributed by atoms with Crippen molar-refractivity contribution >= 4 is 29.1 Å². The van der Waals surface area contributed by atoms with Gasteiger partial charge in [-0.25, -0.2) is 8.78 Å². The third kappa shape index (κ3) is 4.88. The first kappa shape index (κ1) is 21.1. The fourth-order valence-electron chi connectivity index (χ4n) is 3.21. The van der Waals surface area contributed by atoms with Gasteiger partial charge in [-0.2, -0.15) is 0 Å². The molecule has 3 rings (SSSR count). The summed E-state index contributed by atoms with van der Waals surface area (Å²) in [6.45, 7) is 0.304. The van der Waals surface area contributed by atoms with E-state index in [9.17, 15) is 23.2 Å². The summed E-state index contributed by atoms with van der Waals surface area (Å²) in [5.74, 6) is -1.37. The quantitative estimate of drug-likeness (QED) is 0.625. The second-order valence-electron chi connectivity index (χ2n) is 7.08. The number of halogens is 2. The second-order valence-corrected chi connectivity index (χ2v) is 7.08. The van der Waals surface area contributed by atoms with Gasteiger partial charge in [0.25, 0.3) is 12.3 Å². The maximum Gasteiger partial charge on any atom is 0.265 e. The Labute approximate surface area is 166 Å². The van der Waals surface area contributed by atoms with Crippen molar-refractivity contribution in [3.63, 3.8) is 0 Å². The Hall–Kier alpha value is -2.59. The predicted molar refractivity (Wildman–Crippen MR) is 102 cm³/mol.